The second-order valence-corrected chi connectivity index (χ2v) is 5.96. The van der Waals surface area contributed by atoms with Crippen LogP contribution in [0.5, 0.6) is 0 Å². The number of benzene rings is 1. The molecule has 22 heavy (non-hydrogen) atoms. The van der Waals surface area contributed by atoms with E-state index in [1.165, 1.54) is 0 Å². The molecule has 1 saturated heterocycles. The first kappa shape index (κ1) is 16.8. The Morgan fingerprint density at radius 2 is 2.14 bits per heavy atom. The highest BCUT2D eigenvalue weighted by atomic mass is 16.5. The maximum absolute atomic E-state index is 12.0. The Balaban J connectivity index is 1.79. The van der Waals surface area contributed by atoms with E-state index in [9.17, 15) is 4.79 Å². The first-order valence-electron chi connectivity index (χ1n) is 8.11. The topological polar surface area (TPSA) is 67.6 Å². The van der Waals surface area contributed by atoms with Crippen LogP contribution in [0.3, 0.4) is 0 Å². The zero-order valence-corrected chi connectivity index (χ0v) is 13.3. The van der Waals surface area contributed by atoms with Crippen LogP contribution >= 0.6 is 0 Å². The van der Waals surface area contributed by atoms with Gasteiger partial charge in [-0.15, -0.1) is 0 Å². The van der Waals surface area contributed by atoms with E-state index in [4.69, 9.17) is 10.5 Å². The summed E-state index contributed by atoms with van der Waals surface area (Å²) in [5.74, 6) is 0.611. The normalized spacial score (nSPS) is 22.3. The summed E-state index contributed by atoms with van der Waals surface area (Å²) in [6.45, 7) is 5.97. The van der Waals surface area contributed by atoms with E-state index in [1.807, 2.05) is 30.3 Å². The van der Waals surface area contributed by atoms with Gasteiger partial charge in [0.2, 0.25) is 0 Å². The third-order valence-corrected chi connectivity index (χ3v) is 4.17. The minimum absolute atomic E-state index is 0.147. The number of piperidine rings is 1. The zero-order chi connectivity index (χ0) is 15.8. The van der Waals surface area contributed by atoms with Gasteiger partial charge in [0.15, 0.2) is 0 Å². The number of carbonyl (C=O) groups is 1. The molecular weight excluding hydrogens is 278 g/mol. The number of hydrogen-bond acceptors (Lipinski definition) is 4. The van der Waals surface area contributed by atoms with Crippen molar-refractivity contribution in [3.63, 3.8) is 0 Å². The van der Waals surface area contributed by atoms with Crippen LogP contribution < -0.4 is 11.1 Å². The second kappa shape index (κ2) is 8.76. The first-order chi connectivity index (χ1) is 10.7. The van der Waals surface area contributed by atoms with Crippen molar-refractivity contribution in [2.45, 2.75) is 32.4 Å². The Bertz CT molecular complexity index is 452. The van der Waals surface area contributed by atoms with E-state index >= 15 is 0 Å². The molecule has 0 aromatic heterocycles. The summed E-state index contributed by atoms with van der Waals surface area (Å²) in [6.07, 6.45) is 1.80. The molecule has 5 nitrogen and oxygen atoms in total. The maximum Gasteiger partial charge on any atom is 0.407 e. The van der Waals surface area contributed by atoms with Gasteiger partial charge < -0.3 is 15.8 Å². The molecule has 2 atom stereocenters. The summed E-state index contributed by atoms with van der Waals surface area (Å²) < 4.78 is 5.30. The van der Waals surface area contributed by atoms with Gasteiger partial charge in [-0.1, -0.05) is 43.7 Å². The number of amides is 1. The van der Waals surface area contributed by atoms with E-state index in [1.54, 1.807) is 0 Å². The largest absolute Gasteiger partial charge is 0.445 e. The molecule has 0 spiro atoms. The van der Waals surface area contributed by atoms with Gasteiger partial charge in [0.1, 0.15) is 6.61 Å². The molecule has 1 fully saturated rings. The Morgan fingerprint density at radius 3 is 2.82 bits per heavy atom. The minimum Gasteiger partial charge on any atom is -0.445 e. The average Bonchev–Trinajstić information content (AvgIpc) is 2.54. The van der Waals surface area contributed by atoms with E-state index in [2.05, 4.69) is 17.1 Å². The summed E-state index contributed by atoms with van der Waals surface area (Å²) >= 11 is 0. The van der Waals surface area contributed by atoms with Crippen LogP contribution in [0.25, 0.3) is 0 Å². The lowest BCUT2D eigenvalue weighted by Gasteiger charge is -2.37. The fourth-order valence-electron chi connectivity index (χ4n) is 3.00. The molecule has 0 aliphatic carbocycles. The average molecular weight is 305 g/mol. The monoisotopic (exact) mass is 305 g/mol. The lowest BCUT2D eigenvalue weighted by molar-refractivity contribution is 0.111. The van der Waals surface area contributed by atoms with Crippen molar-refractivity contribution in [2.24, 2.45) is 11.7 Å². The van der Waals surface area contributed by atoms with Crippen molar-refractivity contribution in [3.8, 4) is 0 Å². The Kier molecular flexibility index (Phi) is 6.68. The number of carbonyl (C=O) groups excluding carboxylic acids is 1. The molecule has 1 aliphatic heterocycles. The van der Waals surface area contributed by atoms with Crippen molar-refractivity contribution in [1.29, 1.82) is 0 Å². The fraction of sp³-hybridized carbons (Fsp3) is 0.588. The summed E-state index contributed by atoms with van der Waals surface area (Å²) in [5, 5.41) is 3.00. The molecule has 2 rings (SSSR count). The Hall–Kier alpha value is -1.59. The standard InChI is InChI=1S/C17H27N3O2/c1-2-14-10-16(12-20(11-14)9-8-18)19-17(21)22-13-15-6-4-3-5-7-15/h3-7,14,16H,2,8-13,18H2,1H3,(H,19,21). The highest BCUT2D eigenvalue weighted by molar-refractivity contribution is 5.67. The molecule has 122 valence electrons. The van der Waals surface area contributed by atoms with Crippen LogP contribution in [0.4, 0.5) is 4.79 Å². The summed E-state index contributed by atoms with van der Waals surface area (Å²) in [6, 6.07) is 9.87. The van der Waals surface area contributed by atoms with Gasteiger partial charge in [0.05, 0.1) is 0 Å². The van der Waals surface area contributed by atoms with Crippen LogP contribution in [-0.2, 0) is 11.3 Å². The number of likely N-dealkylation sites (tertiary alicyclic amines) is 1. The molecule has 2 unspecified atom stereocenters. The molecule has 0 bridgehead atoms. The minimum atomic E-state index is -0.335. The number of nitrogens with one attached hydrogen (secondary N) is 1. The number of alkyl carbamates (subject to hydrolysis) is 1. The third-order valence-electron chi connectivity index (χ3n) is 4.17. The molecule has 1 aliphatic rings. The van der Waals surface area contributed by atoms with Crippen molar-refractivity contribution < 1.29 is 9.53 Å². The van der Waals surface area contributed by atoms with Gasteiger partial charge in [-0.3, -0.25) is 4.90 Å². The van der Waals surface area contributed by atoms with Gasteiger partial charge in [-0.05, 0) is 17.9 Å². The van der Waals surface area contributed by atoms with Gasteiger partial charge in [-0.25, -0.2) is 4.79 Å². The number of hydrogen-bond donors (Lipinski definition) is 2. The van der Waals surface area contributed by atoms with Crippen LogP contribution in [0.1, 0.15) is 25.3 Å². The van der Waals surface area contributed by atoms with Gasteiger partial charge in [-0.2, -0.15) is 0 Å². The molecule has 1 aromatic carbocycles. The fourth-order valence-corrected chi connectivity index (χ4v) is 3.00. The van der Waals surface area contributed by atoms with E-state index < -0.39 is 0 Å². The predicted molar refractivity (Wildman–Crippen MR) is 87.4 cm³/mol. The summed E-state index contributed by atoms with van der Waals surface area (Å²) in [7, 11) is 0. The molecule has 1 amide bonds. The van der Waals surface area contributed by atoms with Gasteiger partial charge in [0.25, 0.3) is 0 Å². The summed E-state index contributed by atoms with van der Waals surface area (Å²) in [4.78, 5) is 14.3. The Morgan fingerprint density at radius 1 is 1.36 bits per heavy atom. The first-order valence-corrected chi connectivity index (χ1v) is 8.11. The lowest BCUT2D eigenvalue weighted by atomic mass is 9.92. The predicted octanol–water partition coefficient (Wildman–Crippen LogP) is 1.97. The van der Waals surface area contributed by atoms with Crippen LogP contribution in [0, 0.1) is 5.92 Å². The quantitative estimate of drug-likeness (QED) is 0.843. The van der Waals surface area contributed by atoms with Crippen molar-refractivity contribution in [1.82, 2.24) is 10.2 Å². The number of ether oxygens (including phenoxy) is 1. The van der Waals surface area contributed by atoms with Gasteiger partial charge >= 0.3 is 6.09 Å². The Labute approximate surface area is 132 Å². The molecule has 1 heterocycles. The second-order valence-electron chi connectivity index (χ2n) is 5.96. The summed E-state index contributed by atoms with van der Waals surface area (Å²) in [5.41, 5.74) is 6.65. The molecule has 3 N–H and O–H groups in total. The number of rotatable bonds is 6. The zero-order valence-electron chi connectivity index (χ0n) is 13.3. The molecule has 1 aromatic rings. The van der Waals surface area contributed by atoms with Crippen LogP contribution in [0.15, 0.2) is 30.3 Å². The molecule has 5 heteroatoms. The highest BCUT2D eigenvalue weighted by Crippen LogP contribution is 2.19. The number of nitrogens with two attached hydrogens (primary N) is 1. The SMILES string of the molecule is CCC1CC(NC(=O)OCc2ccccc2)CN(CCN)C1. The molecular formula is C17H27N3O2. The van der Waals surface area contributed by atoms with E-state index in [0.717, 1.165) is 38.0 Å². The van der Waals surface area contributed by atoms with Crippen molar-refractivity contribution in [3.05, 3.63) is 35.9 Å². The smallest absolute Gasteiger partial charge is 0.407 e. The van der Waals surface area contributed by atoms with E-state index in [0.29, 0.717) is 19.1 Å². The van der Waals surface area contributed by atoms with Crippen LogP contribution in [-0.4, -0.2) is 43.2 Å². The van der Waals surface area contributed by atoms with Crippen molar-refractivity contribution >= 4 is 6.09 Å². The molecule has 0 saturated carbocycles. The number of nitrogens with zero attached hydrogens (tertiary/aromatic N) is 1. The lowest BCUT2D eigenvalue weighted by Crippen LogP contribution is -2.51. The van der Waals surface area contributed by atoms with Crippen molar-refractivity contribution in [2.75, 3.05) is 26.2 Å². The maximum atomic E-state index is 12.0. The highest BCUT2D eigenvalue weighted by Gasteiger charge is 2.27. The molecule has 0 radical (unpaired) electrons. The van der Waals surface area contributed by atoms with E-state index in [-0.39, 0.29) is 12.1 Å². The van der Waals surface area contributed by atoms with Crippen LogP contribution in [0.2, 0.25) is 0 Å². The third kappa shape index (κ3) is 5.31. The van der Waals surface area contributed by atoms with Gasteiger partial charge in [0, 0.05) is 32.2 Å².